The van der Waals surface area contributed by atoms with Crippen molar-refractivity contribution in [2.24, 2.45) is 0 Å². The number of nitrogens with zero attached hydrogens (tertiary/aromatic N) is 4. The fourth-order valence-corrected chi connectivity index (χ4v) is 5.35. The molecular formula is C29H24ClN5O2. The van der Waals surface area contributed by atoms with Gasteiger partial charge >= 0.3 is 0 Å². The van der Waals surface area contributed by atoms with Crippen LogP contribution in [0.4, 0.5) is 0 Å². The predicted octanol–water partition coefficient (Wildman–Crippen LogP) is 5.04. The lowest BCUT2D eigenvalue weighted by atomic mass is 9.97. The largest absolute Gasteiger partial charge is 0.456 e. The van der Waals surface area contributed by atoms with E-state index in [1.54, 1.807) is 12.4 Å². The molecule has 6 bridgehead atoms. The minimum Gasteiger partial charge on any atom is -0.456 e. The highest BCUT2D eigenvalue weighted by molar-refractivity contribution is 6.30. The molecule has 0 aliphatic carbocycles. The van der Waals surface area contributed by atoms with E-state index in [1.165, 1.54) is 0 Å². The van der Waals surface area contributed by atoms with E-state index in [0.717, 1.165) is 22.4 Å². The van der Waals surface area contributed by atoms with Crippen LogP contribution in [-0.4, -0.2) is 32.9 Å². The number of ether oxygens (including phenoxy) is 1. The number of carbonyl (C=O) groups excluding carboxylic acids is 1. The number of hydrogen-bond donors (Lipinski definition) is 1. The first-order valence-corrected chi connectivity index (χ1v) is 12.6. The Bertz CT molecular complexity index is 1520. The SMILES string of the molecule is N#Cc1ccc2cc1Oc1cccc(c1)[C@@H](c1cccc(Cl)c1)N1CC[C@@H](NCc3cncn3C2)C1=O. The first-order chi connectivity index (χ1) is 18.1. The van der Waals surface area contributed by atoms with Crippen LogP contribution < -0.4 is 10.1 Å². The Morgan fingerprint density at radius 3 is 2.76 bits per heavy atom. The maximum absolute atomic E-state index is 13.7. The van der Waals surface area contributed by atoms with Crippen LogP contribution >= 0.6 is 11.6 Å². The summed E-state index contributed by atoms with van der Waals surface area (Å²) < 4.78 is 8.31. The van der Waals surface area contributed by atoms with Gasteiger partial charge < -0.3 is 19.5 Å². The topological polar surface area (TPSA) is 83.2 Å². The average molecular weight is 510 g/mol. The van der Waals surface area contributed by atoms with Gasteiger partial charge in [0.05, 0.1) is 29.7 Å². The number of carbonyl (C=O) groups is 1. The molecule has 7 nitrogen and oxygen atoms in total. The second-order valence-corrected chi connectivity index (χ2v) is 9.78. The summed E-state index contributed by atoms with van der Waals surface area (Å²) in [7, 11) is 0. The molecule has 184 valence electrons. The molecule has 2 atom stereocenters. The molecule has 1 saturated heterocycles. The van der Waals surface area contributed by atoms with Crippen LogP contribution in [0.1, 0.15) is 40.4 Å². The molecule has 1 aromatic heterocycles. The van der Waals surface area contributed by atoms with E-state index in [4.69, 9.17) is 16.3 Å². The Balaban J connectivity index is 1.48. The number of nitriles is 1. The normalized spacial score (nSPS) is 19.1. The molecule has 3 heterocycles. The number of fused-ring (bicyclic) bond motifs is 7. The number of nitrogens with one attached hydrogen (secondary N) is 1. The quantitative estimate of drug-likeness (QED) is 0.388. The van der Waals surface area contributed by atoms with Crippen molar-refractivity contribution in [1.29, 1.82) is 5.26 Å². The number of imidazole rings is 1. The van der Waals surface area contributed by atoms with Crippen LogP contribution in [0.5, 0.6) is 11.5 Å². The van der Waals surface area contributed by atoms with Crippen LogP contribution in [0.25, 0.3) is 0 Å². The number of halogens is 1. The van der Waals surface area contributed by atoms with E-state index in [2.05, 4.69) is 16.4 Å². The first kappa shape index (κ1) is 23.3. The van der Waals surface area contributed by atoms with Gasteiger partial charge in [0.2, 0.25) is 5.91 Å². The summed E-state index contributed by atoms with van der Waals surface area (Å²) in [5.74, 6) is 1.13. The van der Waals surface area contributed by atoms with Crippen LogP contribution in [0, 0.1) is 11.3 Å². The highest BCUT2D eigenvalue weighted by atomic mass is 35.5. The smallest absolute Gasteiger partial charge is 0.240 e. The first-order valence-electron chi connectivity index (χ1n) is 12.2. The molecule has 1 amide bonds. The van der Waals surface area contributed by atoms with E-state index in [1.807, 2.05) is 76.3 Å². The molecular weight excluding hydrogens is 486 g/mol. The molecule has 6 rings (SSSR count). The standard InChI is InChI=1S/C29H24ClN5O2/c30-23-5-1-3-20(12-23)28-21-4-2-6-25(13-21)37-27-11-19(7-8-22(27)14-31)17-34-18-32-15-24(34)16-33-26-9-10-35(28)29(26)36/h1-8,11-13,15,18,26,28,33H,9-10,16-17H2/t26-,28-/m1/s1. The molecule has 37 heavy (non-hydrogen) atoms. The maximum Gasteiger partial charge on any atom is 0.240 e. The molecule has 0 saturated carbocycles. The van der Waals surface area contributed by atoms with Crippen molar-refractivity contribution in [3.8, 4) is 17.6 Å². The van der Waals surface area contributed by atoms with Crippen molar-refractivity contribution in [2.45, 2.75) is 31.6 Å². The van der Waals surface area contributed by atoms with Gasteiger partial charge in [-0.3, -0.25) is 4.79 Å². The number of benzene rings is 3. The fraction of sp³-hybridized carbons (Fsp3) is 0.207. The van der Waals surface area contributed by atoms with Crippen LogP contribution in [-0.2, 0) is 17.9 Å². The Kier molecular flexibility index (Phi) is 6.13. The van der Waals surface area contributed by atoms with Gasteiger partial charge in [0.15, 0.2) is 0 Å². The van der Waals surface area contributed by atoms with Gasteiger partial charge in [0, 0.05) is 30.9 Å². The Hall–Kier alpha value is -4.12. The third-order valence-corrected chi connectivity index (χ3v) is 7.20. The number of aromatic nitrogens is 2. The molecule has 1 fully saturated rings. The van der Waals surface area contributed by atoms with Gasteiger partial charge in [-0.05, 0) is 59.5 Å². The summed E-state index contributed by atoms with van der Waals surface area (Å²) in [5, 5.41) is 13.8. The molecule has 8 heteroatoms. The van der Waals surface area contributed by atoms with Crippen molar-refractivity contribution >= 4 is 17.5 Å². The molecule has 0 spiro atoms. The van der Waals surface area contributed by atoms with Gasteiger partial charge in [-0.2, -0.15) is 5.26 Å². The number of rotatable bonds is 1. The molecule has 0 radical (unpaired) electrons. The van der Waals surface area contributed by atoms with Crippen molar-refractivity contribution < 1.29 is 9.53 Å². The Morgan fingerprint density at radius 1 is 1.08 bits per heavy atom. The maximum atomic E-state index is 13.7. The van der Waals surface area contributed by atoms with Gasteiger partial charge in [-0.15, -0.1) is 0 Å². The van der Waals surface area contributed by atoms with Crippen molar-refractivity contribution in [2.75, 3.05) is 6.54 Å². The van der Waals surface area contributed by atoms with Gasteiger partial charge in [-0.25, -0.2) is 4.98 Å². The van der Waals surface area contributed by atoms with E-state index in [-0.39, 0.29) is 18.0 Å². The summed E-state index contributed by atoms with van der Waals surface area (Å²) in [6, 6.07) is 22.6. The zero-order chi connectivity index (χ0) is 25.4. The van der Waals surface area contributed by atoms with Crippen LogP contribution in [0.2, 0.25) is 5.02 Å². The highest BCUT2D eigenvalue weighted by Gasteiger charge is 2.37. The summed E-state index contributed by atoms with van der Waals surface area (Å²) in [6.07, 6.45) is 4.29. The zero-order valence-corrected chi connectivity index (χ0v) is 20.7. The molecule has 4 aromatic rings. The lowest BCUT2D eigenvalue weighted by molar-refractivity contribution is -0.130. The molecule has 3 aromatic carbocycles. The third kappa shape index (κ3) is 4.57. The monoisotopic (exact) mass is 509 g/mol. The second kappa shape index (κ2) is 9.74. The minimum absolute atomic E-state index is 0.0476. The Morgan fingerprint density at radius 2 is 1.92 bits per heavy atom. The number of hydrogen-bond acceptors (Lipinski definition) is 5. The zero-order valence-electron chi connectivity index (χ0n) is 20.0. The summed E-state index contributed by atoms with van der Waals surface area (Å²) >= 11 is 6.37. The highest BCUT2D eigenvalue weighted by Crippen LogP contribution is 2.36. The Labute approximate surface area is 219 Å². The number of amides is 1. The van der Waals surface area contributed by atoms with E-state index < -0.39 is 0 Å². The molecule has 2 aliphatic heterocycles. The van der Waals surface area contributed by atoms with Gasteiger partial charge in [-0.1, -0.05) is 41.9 Å². The lowest BCUT2D eigenvalue weighted by Gasteiger charge is -2.30. The van der Waals surface area contributed by atoms with Gasteiger partial charge in [0.25, 0.3) is 0 Å². The predicted molar refractivity (Wildman–Crippen MR) is 139 cm³/mol. The van der Waals surface area contributed by atoms with Crippen molar-refractivity contribution in [3.63, 3.8) is 0 Å². The summed E-state index contributed by atoms with van der Waals surface area (Å²) in [4.78, 5) is 19.9. The third-order valence-electron chi connectivity index (χ3n) is 6.97. The van der Waals surface area contributed by atoms with Gasteiger partial charge in [0.1, 0.15) is 17.6 Å². The van der Waals surface area contributed by atoms with E-state index >= 15 is 0 Å². The molecule has 1 N–H and O–H groups in total. The van der Waals surface area contributed by atoms with E-state index in [0.29, 0.717) is 48.1 Å². The fourth-order valence-electron chi connectivity index (χ4n) is 5.16. The van der Waals surface area contributed by atoms with Crippen LogP contribution in [0.3, 0.4) is 0 Å². The second-order valence-electron chi connectivity index (χ2n) is 9.34. The van der Waals surface area contributed by atoms with E-state index in [9.17, 15) is 10.1 Å². The summed E-state index contributed by atoms with van der Waals surface area (Å²) in [6.45, 7) is 1.69. The van der Waals surface area contributed by atoms with Crippen molar-refractivity contribution in [1.82, 2.24) is 19.8 Å². The molecule has 2 aliphatic rings. The minimum atomic E-state index is -0.332. The summed E-state index contributed by atoms with van der Waals surface area (Å²) in [5.41, 5.74) is 4.25. The van der Waals surface area contributed by atoms with Crippen molar-refractivity contribution in [3.05, 3.63) is 112 Å². The average Bonchev–Trinajstić information content (AvgIpc) is 3.49. The lowest BCUT2D eigenvalue weighted by Crippen LogP contribution is -2.40. The molecule has 0 unspecified atom stereocenters. The van der Waals surface area contributed by atoms with Crippen LogP contribution in [0.15, 0.2) is 79.3 Å².